The van der Waals surface area contributed by atoms with Gasteiger partial charge in [0.2, 0.25) is 0 Å². The van der Waals surface area contributed by atoms with Crippen molar-refractivity contribution in [2.45, 2.75) is 38.7 Å². The molecule has 0 spiro atoms. The highest BCUT2D eigenvalue weighted by Crippen LogP contribution is 2.26. The van der Waals surface area contributed by atoms with Crippen LogP contribution in [0, 0.1) is 5.92 Å². The van der Waals surface area contributed by atoms with Crippen LogP contribution in [0.25, 0.3) is 5.69 Å². The second-order valence-electron chi connectivity index (χ2n) is 6.77. The van der Waals surface area contributed by atoms with Gasteiger partial charge in [-0.25, -0.2) is 4.68 Å². The van der Waals surface area contributed by atoms with Gasteiger partial charge in [0.15, 0.2) is 5.69 Å². The average Bonchev–Trinajstić information content (AvgIpc) is 3.17. The summed E-state index contributed by atoms with van der Waals surface area (Å²) in [6.45, 7) is 3.28. The summed E-state index contributed by atoms with van der Waals surface area (Å²) in [6.07, 6.45) is 7.01. The van der Waals surface area contributed by atoms with Gasteiger partial charge in [-0.1, -0.05) is 19.8 Å². The minimum Gasteiger partial charge on any atom is -0.497 e. The Kier molecular flexibility index (Phi) is 6.28. The number of amides is 1. The zero-order valence-corrected chi connectivity index (χ0v) is 15.5. The normalized spacial score (nSPS) is 19.9. The summed E-state index contributed by atoms with van der Waals surface area (Å²) in [5.74, 6) is 1.21. The number of nitrogens with zero attached hydrogens (tertiary/aromatic N) is 2. The monoisotopic (exact) mass is 357 g/mol. The molecular formula is C20H27N3O3. The maximum Gasteiger partial charge on any atom is 0.271 e. The smallest absolute Gasteiger partial charge is 0.271 e. The van der Waals surface area contributed by atoms with Gasteiger partial charge in [0.25, 0.3) is 5.91 Å². The number of nitrogens with one attached hydrogen (secondary N) is 1. The lowest BCUT2D eigenvalue weighted by Gasteiger charge is -2.28. The quantitative estimate of drug-likeness (QED) is 0.773. The van der Waals surface area contributed by atoms with E-state index in [1.54, 1.807) is 24.1 Å². The van der Waals surface area contributed by atoms with Gasteiger partial charge in [-0.3, -0.25) is 4.79 Å². The molecule has 1 aliphatic carbocycles. The summed E-state index contributed by atoms with van der Waals surface area (Å²) >= 11 is 0. The van der Waals surface area contributed by atoms with E-state index in [0.717, 1.165) is 17.9 Å². The number of ether oxygens (including phenoxy) is 2. The van der Waals surface area contributed by atoms with E-state index in [1.165, 1.54) is 19.3 Å². The van der Waals surface area contributed by atoms with Crippen LogP contribution in [0.2, 0.25) is 0 Å². The molecule has 2 atom stereocenters. The highest BCUT2D eigenvalue weighted by atomic mass is 16.5. The van der Waals surface area contributed by atoms with E-state index >= 15 is 0 Å². The lowest BCUT2D eigenvalue weighted by molar-refractivity contribution is -0.00295. The first kappa shape index (κ1) is 18.5. The van der Waals surface area contributed by atoms with Crippen molar-refractivity contribution < 1.29 is 14.3 Å². The van der Waals surface area contributed by atoms with Crippen molar-refractivity contribution in [3.05, 3.63) is 42.2 Å². The molecule has 6 heteroatoms. The van der Waals surface area contributed by atoms with E-state index < -0.39 is 0 Å². The van der Waals surface area contributed by atoms with Crippen LogP contribution in [0.1, 0.15) is 43.1 Å². The molecule has 0 bridgehead atoms. The summed E-state index contributed by atoms with van der Waals surface area (Å²) in [6, 6.07) is 9.23. The molecular weight excluding hydrogens is 330 g/mol. The van der Waals surface area contributed by atoms with Crippen molar-refractivity contribution in [2.24, 2.45) is 5.92 Å². The van der Waals surface area contributed by atoms with Crippen LogP contribution in [0.4, 0.5) is 0 Å². The number of hydrogen-bond donors (Lipinski definition) is 1. The van der Waals surface area contributed by atoms with E-state index in [1.807, 2.05) is 24.3 Å². The van der Waals surface area contributed by atoms with Gasteiger partial charge < -0.3 is 14.8 Å². The Morgan fingerprint density at radius 3 is 2.73 bits per heavy atom. The van der Waals surface area contributed by atoms with Gasteiger partial charge in [-0.2, -0.15) is 5.10 Å². The summed E-state index contributed by atoms with van der Waals surface area (Å²) < 4.78 is 12.7. The highest BCUT2D eigenvalue weighted by molar-refractivity contribution is 5.92. The summed E-state index contributed by atoms with van der Waals surface area (Å²) in [4.78, 5) is 12.2. The third kappa shape index (κ3) is 4.64. The number of carbonyl (C=O) groups excluding carboxylic acids is 1. The highest BCUT2D eigenvalue weighted by Gasteiger charge is 2.21. The van der Waals surface area contributed by atoms with E-state index in [2.05, 4.69) is 17.3 Å². The van der Waals surface area contributed by atoms with Crippen LogP contribution >= 0.6 is 0 Å². The molecule has 26 heavy (non-hydrogen) atoms. The number of hydrogen-bond acceptors (Lipinski definition) is 4. The standard InChI is InChI=1S/C20H27N3O3/c1-15-5-3-4-6-19(15)26-14-12-21-20(24)18-11-13-23(22-18)16-7-9-17(25-2)10-8-16/h7-11,13,15,19H,3-6,12,14H2,1-2H3,(H,21,24). The fraction of sp³-hybridized carbons (Fsp3) is 0.500. The van der Waals surface area contributed by atoms with E-state index in [9.17, 15) is 4.79 Å². The van der Waals surface area contributed by atoms with Crippen molar-refractivity contribution in [2.75, 3.05) is 20.3 Å². The van der Waals surface area contributed by atoms with Gasteiger partial charge in [-0.15, -0.1) is 0 Å². The fourth-order valence-corrected chi connectivity index (χ4v) is 3.32. The van der Waals surface area contributed by atoms with Gasteiger partial charge in [0, 0.05) is 12.7 Å². The molecule has 6 nitrogen and oxygen atoms in total. The predicted molar refractivity (Wildman–Crippen MR) is 99.8 cm³/mol. The topological polar surface area (TPSA) is 65.4 Å². The Labute approximate surface area is 154 Å². The zero-order valence-electron chi connectivity index (χ0n) is 15.5. The molecule has 0 saturated heterocycles. The largest absolute Gasteiger partial charge is 0.497 e. The van der Waals surface area contributed by atoms with E-state index in [4.69, 9.17) is 9.47 Å². The number of benzene rings is 1. The molecule has 1 fully saturated rings. The Morgan fingerprint density at radius 2 is 2.00 bits per heavy atom. The molecule has 1 saturated carbocycles. The molecule has 1 amide bonds. The molecule has 1 heterocycles. The first-order valence-electron chi connectivity index (χ1n) is 9.27. The van der Waals surface area contributed by atoms with Crippen molar-refractivity contribution in [1.82, 2.24) is 15.1 Å². The first-order chi connectivity index (χ1) is 12.7. The van der Waals surface area contributed by atoms with Gasteiger partial charge in [0.1, 0.15) is 5.75 Å². The van der Waals surface area contributed by atoms with Crippen LogP contribution in [-0.4, -0.2) is 42.1 Å². The predicted octanol–water partition coefficient (Wildman–Crippen LogP) is 3.21. The number of aromatic nitrogens is 2. The minimum absolute atomic E-state index is 0.183. The van der Waals surface area contributed by atoms with Crippen LogP contribution < -0.4 is 10.1 Å². The van der Waals surface area contributed by atoms with Crippen LogP contribution in [-0.2, 0) is 4.74 Å². The lowest BCUT2D eigenvalue weighted by Crippen LogP contribution is -2.32. The summed E-state index contributed by atoms with van der Waals surface area (Å²) in [5.41, 5.74) is 1.27. The average molecular weight is 357 g/mol. The molecule has 0 aliphatic heterocycles. The van der Waals surface area contributed by atoms with Crippen LogP contribution in [0.15, 0.2) is 36.5 Å². The van der Waals surface area contributed by atoms with Gasteiger partial charge >= 0.3 is 0 Å². The van der Waals surface area contributed by atoms with E-state index in [-0.39, 0.29) is 5.91 Å². The SMILES string of the molecule is COc1ccc(-n2ccc(C(=O)NCCOC3CCCCC3C)n2)cc1. The minimum atomic E-state index is -0.183. The third-order valence-electron chi connectivity index (χ3n) is 4.91. The molecule has 1 aliphatic rings. The van der Waals surface area contributed by atoms with Crippen molar-refractivity contribution in [3.63, 3.8) is 0 Å². The number of carbonyl (C=O) groups is 1. The van der Waals surface area contributed by atoms with Crippen molar-refractivity contribution in [1.29, 1.82) is 0 Å². The Bertz CT molecular complexity index is 711. The number of rotatable bonds is 7. The first-order valence-corrected chi connectivity index (χ1v) is 9.27. The Balaban J connectivity index is 1.47. The molecule has 1 aromatic carbocycles. The number of methoxy groups -OCH3 is 1. The van der Waals surface area contributed by atoms with Gasteiger partial charge in [0.05, 0.1) is 25.5 Å². The molecule has 0 radical (unpaired) electrons. The second-order valence-corrected chi connectivity index (χ2v) is 6.77. The molecule has 140 valence electrons. The van der Waals surface area contributed by atoms with E-state index in [0.29, 0.717) is 30.9 Å². The molecule has 3 rings (SSSR count). The molecule has 1 aromatic heterocycles. The summed E-state index contributed by atoms with van der Waals surface area (Å²) in [7, 11) is 1.63. The fourth-order valence-electron chi connectivity index (χ4n) is 3.32. The Hall–Kier alpha value is -2.34. The lowest BCUT2D eigenvalue weighted by atomic mass is 9.88. The maximum atomic E-state index is 12.2. The van der Waals surface area contributed by atoms with Gasteiger partial charge in [-0.05, 0) is 49.1 Å². The van der Waals surface area contributed by atoms with Crippen molar-refractivity contribution in [3.8, 4) is 11.4 Å². The zero-order chi connectivity index (χ0) is 18.4. The third-order valence-corrected chi connectivity index (χ3v) is 4.91. The second kappa shape index (κ2) is 8.85. The molecule has 2 aromatic rings. The Morgan fingerprint density at radius 1 is 1.23 bits per heavy atom. The molecule has 2 unspecified atom stereocenters. The van der Waals surface area contributed by atoms with Crippen LogP contribution in [0.3, 0.4) is 0 Å². The summed E-state index contributed by atoms with van der Waals surface area (Å²) in [5, 5.41) is 7.22. The van der Waals surface area contributed by atoms with Crippen molar-refractivity contribution >= 4 is 5.91 Å². The maximum absolute atomic E-state index is 12.2. The van der Waals surface area contributed by atoms with Crippen LogP contribution in [0.5, 0.6) is 5.75 Å². The molecule has 1 N–H and O–H groups in total.